The third kappa shape index (κ3) is 3.76. The second kappa shape index (κ2) is 7.49. The van der Waals surface area contributed by atoms with Gasteiger partial charge in [-0.1, -0.05) is 43.7 Å². The number of amides is 1. The van der Waals surface area contributed by atoms with Crippen LogP contribution in [0.2, 0.25) is 0 Å². The molecule has 3 nitrogen and oxygen atoms in total. The molecule has 2 bridgehead atoms. The number of benzene rings is 1. The SMILES string of the molecule is CCC1CN(C(=O)CC2CC3CCC(C2)N3)CCC1c1ccccc1. The maximum absolute atomic E-state index is 12.9. The van der Waals surface area contributed by atoms with Crippen molar-refractivity contribution in [1.29, 1.82) is 0 Å². The van der Waals surface area contributed by atoms with Crippen LogP contribution in [0.4, 0.5) is 0 Å². The van der Waals surface area contributed by atoms with Gasteiger partial charge in [-0.05, 0) is 55.4 Å². The van der Waals surface area contributed by atoms with Crippen molar-refractivity contribution in [3.63, 3.8) is 0 Å². The van der Waals surface area contributed by atoms with Crippen LogP contribution in [0.5, 0.6) is 0 Å². The molecule has 4 atom stereocenters. The van der Waals surface area contributed by atoms with E-state index < -0.39 is 0 Å². The van der Waals surface area contributed by atoms with Gasteiger partial charge in [-0.2, -0.15) is 0 Å². The standard InChI is InChI=1S/C22H32N2O/c1-2-17-15-24(11-10-21(17)18-6-4-3-5-7-18)22(25)14-16-12-19-8-9-20(13-16)23-19/h3-7,16-17,19-21,23H,2,8-15H2,1H3. The van der Waals surface area contributed by atoms with Crippen LogP contribution in [0.25, 0.3) is 0 Å². The predicted molar refractivity (Wildman–Crippen MR) is 101 cm³/mol. The molecule has 1 aromatic rings. The van der Waals surface area contributed by atoms with Gasteiger partial charge >= 0.3 is 0 Å². The van der Waals surface area contributed by atoms with E-state index in [1.165, 1.54) is 31.2 Å². The van der Waals surface area contributed by atoms with Crippen LogP contribution in [0, 0.1) is 11.8 Å². The number of carbonyl (C=O) groups excluding carboxylic acids is 1. The fourth-order valence-electron chi connectivity index (χ4n) is 5.53. The highest BCUT2D eigenvalue weighted by atomic mass is 16.2. The molecule has 136 valence electrons. The Morgan fingerprint density at radius 3 is 2.52 bits per heavy atom. The summed E-state index contributed by atoms with van der Waals surface area (Å²) in [4.78, 5) is 15.1. The summed E-state index contributed by atoms with van der Waals surface area (Å²) in [7, 11) is 0. The first-order chi connectivity index (χ1) is 12.2. The lowest BCUT2D eigenvalue weighted by Gasteiger charge is -2.39. The Bertz CT molecular complexity index is 575. The molecule has 3 fully saturated rings. The molecule has 3 saturated heterocycles. The maximum Gasteiger partial charge on any atom is 0.222 e. The first-order valence-corrected chi connectivity index (χ1v) is 10.3. The van der Waals surface area contributed by atoms with Crippen LogP contribution in [-0.4, -0.2) is 36.0 Å². The van der Waals surface area contributed by atoms with Gasteiger partial charge in [-0.15, -0.1) is 0 Å². The number of rotatable bonds is 4. The van der Waals surface area contributed by atoms with E-state index in [4.69, 9.17) is 0 Å². The summed E-state index contributed by atoms with van der Waals surface area (Å²) < 4.78 is 0. The van der Waals surface area contributed by atoms with Gasteiger partial charge in [0.25, 0.3) is 0 Å². The Kier molecular flexibility index (Phi) is 5.12. The van der Waals surface area contributed by atoms with Crippen LogP contribution < -0.4 is 5.32 Å². The van der Waals surface area contributed by atoms with Crippen molar-refractivity contribution in [2.75, 3.05) is 13.1 Å². The van der Waals surface area contributed by atoms with E-state index in [0.717, 1.165) is 32.4 Å². The molecular weight excluding hydrogens is 308 g/mol. The smallest absolute Gasteiger partial charge is 0.222 e. The number of piperidine rings is 2. The summed E-state index contributed by atoms with van der Waals surface area (Å²) >= 11 is 0. The molecule has 3 heteroatoms. The number of hydrogen-bond acceptors (Lipinski definition) is 2. The number of likely N-dealkylation sites (tertiary alicyclic amines) is 1. The molecule has 3 aliphatic rings. The van der Waals surface area contributed by atoms with E-state index in [0.29, 0.717) is 35.7 Å². The molecule has 1 N–H and O–H groups in total. The fraction of sp³-hybridized carbons (Fsp3) is 0.682. The first kappa shape index (κ1) is 17.1. The van der Waals surface area contributed by atoms with Crippen LogP contribution in [0.3, 0.4) is 0 Å². The quantitative estimate of drug-likeness (QED) is 0.900. The number of nitrogens with zero attached hydrogens (tertiary/aromatic N) is 1. The second-order valence-electron chi connectivity index (χ2n) is 8.49. The summed E-state index contributed by atoms with van der Waals surface area (Å²) in [5.74, 6) is 2.24. The molecule has 0 spiro atoms. The molecule has 0 aliphatic carbocycles. The maximum atomic E-state index is 12.9. The Labute approximate surface area is 152 Å². The van der Waals surface area contributed by atoms with E-state index in [1.807, 2.05) is 0 Å². The highest BCUT2D eigenvalue weighted by molar-refractivity contribution is 5.76. The van der Waals surface area contributed by atoms with Crippen molar-refractivity contribution in [2.24, 2.45) is 11.8 Å². The zero-order valence-electron chi connectivity index (χ0n) is 15.5. The first-order valence-electron chi connectivity index (χ1n) is 10.3. The molecule has 0 aromatic heterocycles. The lowest BCUT2D eigenvalue weighted by Crippen LogP contribution is -2.45. The second-order valence-corrected chi connectivity index (χ2v) is 8.49. The van der Waals surface area contributed by atoms with Gasteiger partial charge in [-0.25, -0.2) is 0 Å². The van der Waals surface area contributed by atoms with Crippen molar-refractivity contribution in [3.8, 4) is 0 Å². The van der Waals surface area contributed by atoms with Crippen LogP contribution in [-0.2, 0) is 4.79 Å². The van der Waals surface area contributed by atoms with Crippen LogP contribution in [0.15, 0.2) is 30.3 Å². The fourth-order valence-corrected chi connectivity index (χ4v) is 5.53. The average Bonchev–Trinajstić information content (AvgIpc) is 3.00. The topological polar surface area (TPSA) is 32.3 Å². The summed E-state index contributed by atoms with van der Waals surface area (Å²) in [6.07, 6.45) is 8.10. The van der Waals surface area contributed by atoms with Gasteiger partial charge in [0.05, 0.1) is 0 Å². The highest BCUT2D eigenvalue weighted by Crippen LogP contribution is 2.36. The summed E-state index contributed by atoms with van der Waals surface area (Å²) in [6, 6.07) is 12.3. The minimum Gasteiger partial charge on any atom is -0.342 e. The zero-order valence-corrected chi connectivity index (χ0v) is 15.5. The number of carbonyl (C=O) groups is 1. The molecule has 0 saturated carbocycles. The minimum atomic E-state index is 0.413. The average molecular weight is 341 g/mol. The van der Waals surface area contributed by atoms with Gasteiger partial charge in [0.1, 0.15) is 0 Å². The Morgan fingerprint density at radius 2 is 1.84 bits per heavy atom. The summed E-state index contributed by atoms with van der Waals surface area (Å²) in [5.41, 5.74) is 1.45. The van der Waals surface area contributed by atoms with Crippen molar-refractivity contribution in [1.82, 2.24) is 10.2 Å². The van der Waals surface area contributed by atoms with E-state index in [9.17, 15) is 4.79 Å². The van der Waals surface area contributed by atoms with Gasteiger partial charge < -0.3 is 10.2 Å². The highest BCUT2D eigenvalue weighted by Gasteiger charge is 2.36. The third-order valence-corrected chi connectivity index (χ3v) is 6.87. The molecule has 1 amide bonds. The lowest BCUT2D eigenvalue weighted by atomic mass is 9.79. The molecule has 25 heavy (non-hydrogen) atoms. The van der Waals surface area contributed by atoms with E-state index in [2.05, 4.69) is 47.5 Å². The predicted octanol–water partition coefficient (Wildman–Crippen LogP) is 3.95. The van der Waals surface area contributed by atoms with E-state index in [-0.39, 0.29) is 0 Å². The van der Waals surface area contributed by atoms with Crippen molar-refractivity contribution in [3.05, 3.63) is 35.9 Å². The van der Waals surface area contributed by atoms with Crippen molar-refractivity contribution < 1.29 is 4.79 Å². The van der Waals surface area contributed by atoms with E-state index in [1.54, 1.807) is 0 Å². The number of hydrogen-bond donors (Lipinski definition) is 1. The molecule has 3 heterocycles. The normalized spacial score (nSPS) is 34.9. The molecule has 3 aliphatic heterocycles. The third-order valence-electron chi connectivity index (χ3n) is 6.87. The minimum absolute atomic E-state index is 0.413. The Morgan fingerprint density at radius 1 is 1.12 bits per heavy atom. The summed E-state index contributed by atoms with van der Waals surface area (Å²) in [6.45, 7) is 4.17. The van der Waals surface area contributed by atoms with Crippen LogP contribution in [0.1, 0.15) is 63.4 Å². The molecular formula is C22H32N2O. The Hall–Kier alpha value is -1.35. The summed E-state index contributed by atoms with van der Waals surface area (Å²) in [5, 5.41) is 3.69. The number of nitrogens with one attached hydrogen (secondary N) is 1. The molecule has 4 rings (SSSR count). The van der Waals surface area contributed by atoms with Crippen LogP contribution >= 0.6 is 0 Å². The molecule has 1 aromatic carbocycles. The zero-order chi connectivity index (χ0) is 17.2. The van der Waals surface area contributed by atoms with Gasteiger partial charge in [-0.3, -0.25) is 4.79 Å². The van der Waals surface area contributed by atoms with Crippen molar-refractivity contribution in [2.45, 2.75) is 69.9 Å². The Balaban J connectivity index is 1.35. The molecule has 4 unspecified atom stereocenters. The lowest BCUT2D eigenvalue weighted by molar-refractivity contribution is -0.134. The largest absolute Gasteiger partial charge is 0.342 e. The van der Waals surface area contributed by atoms with E-state index >= 15 is 0 Å². The monoisotopic (exact) mass is 340 g/mol. The number of fused-ring (bicyclic) bond motifs is 2. The van der Waals surface area contributed by atoms with Crippen molar-refractivity contribution >= 4 is 5.91 Å². The van der Waals surface area contributed by atoms with Gasteiger partial charge in [0.15, 0.2) is 0 Å². The van der Waals surface area contributed by atoms with Gasteiger partial charge in [0, 0.05) is 31.6 Å². The molecule has 0 radical (unpaired) electrons. The van der Waals surface area contributed by atoms with Gasteiger partial charge in [0.2, 0.25) is 5.91 Å².